The summed E-state index contributed by atoms with van der Waals surface area (Å²) in [6, 6.07) is 47.5. The lowest BCUT2D eigenvalue weighted by Crippen LogP contribution is -2.10. The van der Waals surface area contributed by atoms with Crippen molar-refractivity contribution in [3.8, 4) is 0 Å². The van der Waals surface area contributed by atoms with Crippen LogP contribution in [0.1, 0.15) is 47.6 Å². The fourth-order valence-corrected chi connectivity index (χ4v) is 4.62. The van der Waals surface area contributed by atoms with Crippen LogP contribution in [0.15, 0.2) is 133 Å². The molecule has 0 bridgehead atoms. The number of hydrogen-bond donors (Lipinski definition) is 0. The van der Waals surface area contributed by atoms with Crippen molar-refractivity contribution in [2.24, 2.45) is 0 Å². The predicted molar refractivity (Wildman–Crippen MR) is 170 cm³/mol. The van der Waals surface area contributed by atoms with Gasteiger partial charge < -0.3 is 4.90 Å². The van der Waals surface area contributed by atoms with E-state index in [1.807, 2.05) is 12.1 Å². The maximum absolute atomic E-state index is 2.33. The van der Waals surface area contributed by atoms with E-state index in [1.54, 1.807) is 0 Å². The Balaban J connectivity index is 1.42. The second kappa shape index (κ2) is 13.3. The van der Waals surface area contributed by atoms with Gasteiger partial charge in [-0.2, -0.15) is 0 Å². The predicted octanol–water partition coefficient (Wildman–Crippen LogP) is 10.8. The second-order valence-electron chi connectivity index (χ2n) is 9.78. The number of anilines is 3. The Hall–Kier alpha value is -4.62. The molecule has 0 spiro atoms. The molecule has 0 amide bonds. The number of rotatable bonds is 10. The summed E-state index contributed by atoms with van der Waals surface area (Å²) in [7, 11) is 0. The first-order valence-electron chi connectivity index (χ1n) is 13.8. The zero-order valence-electron chi connectivity index (χ0n) is 22.6. The van der Waals surface area contributed by atoms with Crippen molar-refractivity contribution in [3.05, 3.63) is 161 Å². The topological polar surface area (TPSA) is 3.24 Å². The summed E-state index contributed by atoms with van der Waals surface area (Å²) in [5.74, 6) is 0. The van der Waals surface area contributed by atoms with Crippen molar-refractivity contribution in [1.29, 1.82) is 0 Å². The first kappa shape index (κ1) is 26.0. The largest absolute Gasteiger partial charge is 0.311 e. The summed E-state index contributed by atoms with van der Waals surface area (Å²) in [5.41, 5.74) is 9.60. The van der Waals surface area contributed by atoms with Gasteiger partial charge in [0, 0.05) is 17.1 Å². The Morgan fingerprint density at radius 1 is 0.436 bits per heavy atom. The van der Waals surface area contributed by atoms with Crippen LogP contribution in [0, 0.1) is 0 Å². The SMILES string of the molecule is CCCCc1ccc(N(c2ccc(/C=C/c3ccccc3)cc2)c2ccc(/C=C/c3ccccc3)cc2)cc1. The van der Waals surface area contributed by atoms with Crippen molar-refractivity contribution in [2.45, 2.75) is 26.2 Å². The monoisotopic (exact) mass is 505 g/mol. The molecule has 5 rings (SSSR count). The number of benzene rings is 5. The molecule has 0 heterocycles. The first-order valence-corrected chi connectivity index (χ1v) is 13.8. The van der Waals surface area contributed by atoms with Gasteiger partial charge in [-0.05, 0) is 77.1 Å². The molecule has 0 aliphatic heterocycles. The minimum absolute atomic E-state index is 1.13. The zero-order chi connectivity index (χ0) is 26.7. The van der Waals surface area contributed by atoms with E-state index in [9.17, 15) is 0 Å². The van der Waals surface area contributed by atoms with Crippen molar-refractivity contribution in [1.82, 2.24) is 0 Å². The zero-order valence-corrected chi connectivity index (χ0v) is 22.6. The minimum Gasteiger partial charge on any atom is -0.311 e. The van der Waals surface area contributed by atoms with Crippen molar-refractivity contribution >= 4 is 41.4 Å². The Kier molecular flexibility index (Phi) is 8.84. The van der Waals surface area contributed by atoms with Crippen LogP contribution < -0.4 is 4.90 Å². The van der Waals surface area contributed by atoms with Crippen molar-refractivity contribution in [3.63, 3.8) is 0 Å². The van der Waals surface area contributed by atoms with Crippen LogP contribution in [0.3, 0.4) is 0 Å². The fourth-order valence-electron chi connectivity index (χ4n) is 4.62. The van der Waals surface area contributed by atoms with E-state index in [2.05, 4.69) is 157 Å². The summed E-state index contributed by atoms with van der Waals surface area (Å²) < 4.78 is 0. The third-order valence-corrected chi connectivity index (χ3v) is 6.85. The molecule has 0 fully saturated rings. The molecule has 1 heteroatoms. The van der Waals surface area contributed by atoms with Crippen LogP contribution in [0.5, 0.6) is 0 Å². The molecule has 0 saturated carbocycles. The summed E-state index contributed by atoms with van der Waals surface area (Å²) in [4.78, 5) is 2.33. The molecular weight excluding hydrogens is 470 g/mol. The molecule has 5 aromatic rings. The van der Waals surface area contributed by atoms with Gasteiger partial charge in [0.1, 0.15) is 0 Å². The second-order valence-corrected chi connectivity index (χ2v) is 9.78. The third kappa shape index (κ3) is 7.24. The lowest BCUT2D eigenvalue weighted by Gasteiger charge is -2.26. The van der Waals surface area contributed by atoms with Gasteiger partial charge >= 0.3 is 0 Å². The van der Waals surface area contributed by atoms with Crippen LogP contribution in [0.25, 0.3) is 24.3 Å². The average molecular weight is 506 g/mol. The molecular formula is C38H35N. The molecule has 0 saturated heterocycles. The van der Waals surface area contributed by atoms with E-state index < -0.39 is 0 Å². The quantitative estimate of drug-likeness (QED) is 0.171. The molecule has 0 radical (unpaired) electrons. The van der Waals surface area contributed by atoms with Gasteiger partial charge in [-0.1, -0.05) is 135 Å². The van der Waals surface area contributed by atoms with E-state index in [0.717, 1.165) is 23.5 Å². The Morgan fingerprint density at radius 3 is 1.18 bits per heavy atom. The smallest absolute Gasteiger partial charge is 0.0462 e. The first-order chi connectivity index (χ1) is 19.3. The van der Waals surface area contributed by atoms with Gasteiger partial charge in [0.05, 0.1) is 0 Å². The lowest BCUT2D eigenvalue weighted by atomic mass is 10.1. The van der Waals surface area contributed by atoms with Crippen LogP contribution >= 0.6 is 0 Å². The summed E-state index contributed by atoms with van der Waals surface area (Å²) in [6.45, 7) is 2.24. The van der Waals surface area contributed by atoms with Gasteiger partial charge in [-0.3, -0.25) is 0 Å². The van der Waals surface area contributed by atoms with E-state index in [0.29, 0.717) is 0 Å². The number of unbranched alkanes of at least 4 members (excludes halogenated alkanes) is 1. The number of nitrogens with zero attached hydrogens (tertiary/aromatic N) is 1. The van der Waals surface area contributed by atoms with Crippen LogP contribution in [-0.4, -0.2) is 0 Å². The highest BCUT2D eigenvalue weighted by atomic mass is 15.1. The Morgan fingerprint density at radius 2 is 0.795 bits per heavy atom. The molecule has 5 aromatic carbocycles. The maximum Gasteiger partial charge on any atom is 0.0462 e. The highest BCUT2D eigenvalue weighted by Gasteiger charge is 2.12. The molecule has 0 N–H and O–H groups in total. The third-order valence-electron chi connectivity index (χ3n) is 6.85. The van der Waals surface area contributed by atoms with E-state index in [4.69, 9.17) is 0 Å². The van der Waals surface area contributed by atoms with Crippen molar-refractivity contribution in [2.75, 3.05) is 4.90 Å². The number of hydrogen-bond acceptors (Lipinski definition) is 1. The van der Waals surface area contributed by atoms with Crippen LogP contribution in [-0.2, 0) is 6.42 Å². The fraction of sp³-hybridized carbons (Fsp3) is 0.105. The minimum atomic E-state index is 1.13. The molecule has 0 aliphatic carbocycles. The number of aryl methyl sites for hydroxylation is 1. The standard InChI is InChI=1S/C38H35N/c1-2-3-10-33-19-25-36(26-20-33)39(37-27-21-34(22-28-37)17-15-31-11-6-4-7-12-31)38-29-23-35(24-30-38)18-16-32-13-8-5-9-14-32/h4-9,11-30H,2-3,10H2,1H3/b17-15+,18-16+. The van der Waals surface area contributed by atoms with Crippen LogP contribution in [0.2, 0.25) is 0 Å². The van der Waals surface area contributed by atoms with E-state index in [1.165, 1.54) is 40.7 Å². The normalized spacial score (nSPS) is 11.3. The average Bonchev–Trinajstić information content (AvgIpc) is 3.01. The molecule has 192 valence electrons. The molecule has 0 aliphatic rings. The highest BCUT2D eigenvalue weighted by molar-refractivity contribution is 5.79. The molecule has 1 nitrogen and oxygen atoms in total. The Labute approximate surface area is 233 Å². The van der Waals surface area contributed by atoms with Gasteiger partial charge in [-0.25, -0.2) is 0 Å². The maximum atomic E-state index is 2.33. The lowest BCUT2D eigenvalue weighted by molar-refractivity contribution is 0.795. The molecule has 0 aromatic heterocycles. The van der Waals surface area contributed by atoms with E-state index in [-0.39, 0.29) is 0 Å². The van der Waals surface area contributed by atoms with Gasteiger partial charge in [0.2, 0.25) is 0 Å². The highest BCUT2D eigenvalue weighted by Crippen LogP contribution is 2.35. The Bertz CT molecular complexity index is 1390. The van der Waals surface area contributed by atoms with Crippen molar-refractivity contribution < 1.29 is 0 Å². The van der Waals surface area contributed by atoms with E-state index >= 15 is 0 Å². The molecule has 0 atom stereocenters. The van der Waals surface area contributed by atoms with Gasteiger partial charge in [-0.15, -0.1) is 0 Å². The summed E-state index contributed by atoms with van der Waals surface area (Å²) in [6.07, 6.45) is 12.2. The molecule has 0 unspecified atom stereocenters. The molecule has 39 heavy (non-hydrogen) atoms. The summed E-state index contributed by atoms with van der Waals surface area (Å²) >= 11 is 0. The van der Waals surface area contributed by atoms with Gasteiger partial charge in [0.15, 0.2) is 0 Å². The summed E-state index contributed by atoms with van der Waals surface area (Å²) in [5, 5.41) is 0. The van der Waals surface area contributed by atoms with Gasteiger partial charge in [0.25, 0.3) is 0 Å². The van der Waals surface area contributed by atoms with Crippen LogP contribution in [0.4, 0.5) is 17.1 Å².